The van der Waals surface area contributed by atoms with Crippen LogP contribution in [0.5, 0.6) is 0 Å². The summed E-state index contributed by atoms with van der Waals surface area (Å²) >= 11 is 7.56. The molecule has 5 aromatic rings. The van der Waals surface area contributed by atoms with Gasteiger partial charge in [-0.05, 0) is 43.3 Å². The average Bonchev–Trinajstić information content (AvgIpc) is 3.23. The molecule has 32 heavy (non-hydrogen) atoms. The van der Waals surface area contributed by atoms with Gasteiger partial charge in [-0.3, -0.25) is 9.36 Å². The van der Waals surface area contributed by atoms with Crippen LogP contribution in [0.2, 0.25) is 5.02 Å². The van der Waals surface area contributed by atoms with Crippen molar-refractivity contribution in [3.8, 4) is 17.1 Å². The molecule has 8 heteroatoms. The number of aryl methyl sites for hydroxylation is 1. The van der Waals surface area contributed by atoms with Gasteiger partial charge in [0.2, 0.25) is 0 Å². The molecular formula is C24H18ClN5OS. The van der Waals surface area contributed by atoms with E-state index < -0.39 is 0 Å². The van der Waals surface area contributed by atoms with E-state index in [1.807, 2.05) is 78.2 Å². The Morgan fingerprint density at radius 2 is 1.72 bits per heavy atom. The van der Waals surface area contributed by atoms with Crippen LogP contribution in [0.15, 0.2) is 82.7 Å². The highest BCUT2D eigenvalue weighted by atomic mass is 35.5. The topological polar surface area (TPSA) is 76.5 Å². The number of rotatable bonds is 5. The maximum absolute atomic E-state index is 12.4. The maximum Gasteiger partial charge on any atom is 0.258 e. The monoisotopic (exact) mass is 459 g/mol. The molecule has 0 fully saturated rings. The van der Waals surface area contributed by atoms with Crippen LogP contribution in [0.1, 0.15) is 11.4 Å². The second kappa shape index (κ2) is 8.61. The van der Waals surface area contributed by atoms with Gasteiger partial charge in [0, 0.05) is 16.3 Å². The predicted molar refractivity (Wildman–Crippen MR) is 128 cm³/mol. The van der Waals surface area contributed by atoms with E-state index in [0.717, 1.165) is 17.1 Å². The molecule has 0 saturated heterocycles. The van der Waals surface area contributed by atoms with Gasteiger partial charge in [-0.2, -0.15) is 0 Å². The summed E-state index contributed by atoms with van der Waals surface area (Å²) in [6.45, 7) is 2.05. The van der Waals surface area contributed by atoms with Crippen LogP contribution >= 0.6 is 23.4 Å². The Bertz CT molecular complexity index is 1460. The van der Waals surface area contributed by atoms with E-state index >= 15 is 0 Å². The SMILES string of the molecule is Cc1ccc(-c2nnc(SCc3nc4ccccc4c(=O)[nH]3)n2-c2ccc(Cl)cc2)cc1. The number of aromatic nitrogens is 5. The predicted octanol–water partition coefficient (Wildman–Crippen LogP) is 5.42. The molecule has 0 aliphatic rings. The molecule has 3 aromatic carbocycles. The van der Waals surface area contributed by atoms with Crippen LogP contribution in [0.4, 0.5) is 0 Å². The van der Waals surface area contributed by atoms with E-state index in [0.29, 0.717) is 32.7 Å². The summed E-state index contributed by atoms with van der Waals surface area (Å²) in [5, 5.41) is 10.8. The number of para-hydroxylation sites is 1. The molecular weight excluding hydrogens is 442 g/mol. The second-order valence-corrected chi connectivity index (χ2v) is 8.68. The number of benzene rings is 3. The molecule has 1 N–H and O–H groups in total. The molecule has 6 nitrogen and oxygen atoms in total. The van der Waals surface area contributed by atoms with Crippen LogP contribution in [-0.4, -0.2) is 24.7 Å². The minimum atomic E-state index is -0.147. The van der Waals surface area contributed by atoms with Crippen molar-refractivity contribution in [1.29, 1.82) is 0 Å². The molecule has 0 aliphatic carbocycles. The fraction of sp³-hybridized carbons (Fsp3) is 0.0833. The van der Waals surface area contributed by atoms with E-state index in [2.05, 4.69) is 20.2 Å². The maximum atomic E-state index is 12.4. The standard InChI is InChI=1S/C24H18ClN5OS/c1-15-6-8-16(9-7-15)22-28-29-24(30(22)18-12-10-17(25)11-13-18)32-14-21-26-20-5-3-2-4-19(20)23(31)27-21/h2-13H,14H2,1H3,(H,26,27,31). The largest absolute Gasteiger partial charge is 0.309 e. The Hall–Kier alpha value is -3.42. The number of thioether (sulfide) groups is 1. The van der Waals surface area contributed by atoms with E-state index in [1.165, 1.54) is 17.3 Å². The number of H-pyrrole nitrogens is 1. The van der Waals surface area contributed by atoms with Gasteiger partial charge < -0.3 is 4.98 Å². The smallest absolute Gasteiger partial charge is 0.258 e. The number of hydrogen-bond donors (Lipinski definition) is 1. The van der Waals surface area contributed by atoms with Gasteiger partial charge in [0.05, 0.1) is 16.7 Å². The van der Waals surface area contributed by atoms with Gasteiger partial charge in [-0.25, -0.2) is 4.98 Å². The zero-order valence-electron chi connectivity index (χ0n) is 17.1. The van der Waals surface area contributed by atoms with Crippen LogP contribution in [0.25, 0.3) is 28.0 Å². The fourth-order valence-corrected chi connectivity index (χ4v) is 4.36. The highest BCUT2D eigenvalue weighted by Crippen LogP contribution is 2.30. The zero-order chi connectivity index (χ0) is 22.1. The summed E-state index contributed by atoms with van der Waals surface area (Å²) in [6.07, 6.45) is 0. The molecule has 158 valence electrons. The van der Waals surface area contributed by atoms with Crippen molar-refractivity contribution in [2.45, 2.75) is 17.8 Å². The van der Waals surface area contributed by atoms with E-state index in [4.69, 9.17) is 11.6 Å². The minimum Gasteiger partial charge on any atom is -0.309 e. The average molecular weight is 460 g/mol. The first kappa shape index (κ1) is 20.5. The summed E-state index contributed by atoms with van der Waals surface area (Å²) in [5.41, 5.74) is 3.56. The lowest BCUT2D eigenvalue weighted by Gasteiger charge is -2.11. The summed E-state index contributed by atoms with van der Waals surface area (Å²) in [5.74, 6) is 1.76. The highest BCUT2D eigenvalue weighted by molar-refractivity contribution is 7.98. The number of aromatic amines is 1. The Morgan fingerprint density at radius 3 is 2.50 bits per heavy atom. The van der Waals surface area contributed by atoms with Gasteiger partial charge in [0.1, 0.15) is 5.82 Å². The number of halogens is 1. The number of hydrogen-bond acceptors (Lipinski definition) is 5. The molecule has 0 atom stereocenters. The lowest BCUT2D eigenvalue weighted by Crippen LogP contribution is -2.11. The Balaban J connectivity index is 1.53. The Labute approximate surface area is 193 Å². The van der Waals surface area contributed by atoms with E-state index in [1.54, 1.807) is 6.07 Å². The number of fused-ring (bicyclic) bond motifs is 1. The van der Waals surface area contributed by atoms with Gasteiger partial charge in [-0.1, -0.05) is 65.3 Å². The molecule has 0 aliphatic heterocycles. The van der Waals surface area contributed by atoms with Gasteiger partial charge in [-0.15, -0.1) is 10.2 Å². The first-order valence-corrected chi connectivity index (χ1v) is 11.3. The quantitative estimate of drug-likeness (QED) is 0.355. The molecule has 0 unspecified atom stereocenters. The summed E-state index contributed by atoms with van der Waals surface area (Å²) in [7, 11) is 0. The fourth-order valence-electron chi connectivity index (χ4n) is 3.41. The van der Waals surface area contributed by atoms with Gasteiger partial charge in [0.25, 0.3) is 5.56 Å². The van der Waals surface area contributed by atoms with Crippen molar-refractivity contribution in [2.24, 2.45) is 0 Å². The second-order valence-electron chi connectivity index (χ2n) is 7.30. The van der Waals surface area contributed by atoms with Gasteiger partial charge >= 0.3 is 0 Å². The van der Waals surface area contributed by atoms with Gasteiger partial charge in [0.15, 0.2) is 11.0 Å². The molecule has 0 bridgehead atoms. The highest BCUT2D eigenvalue weighted by Gasteiger charge is 2.17. The molecule has 0 radical (unpaired) electrons. The molecule has 0 saturated carbocycles. The van der Waals surface area contributed by atoms with Crippen LogP contribution in [-0.2, 0) is 5.75 Å². The zero-order valence-corrected chi connectivity index (χ0v) is 18.7. The third kappa shape index (κ3) is 4.04. The summed E-state index contributed by atoms with van der Waals surface area (Å²) in [6, 6.07) is 23.0. The lowest BCUT2D eigenvalue weighted by molar-refractivity contribution is 0.883. The Morgan fingerprint density at radius 1 is 0.969 bits per heavy atom. The van der Waals surface area contributed by atoms with Crippen LogP contribution in [0.3, 0.4) is 0 Å². The minimum absolute atomic E-state index is 0.147. The van der Waals surface area contributed by atoms with Crippen molar-refractivity contribution in [3.63, 3.8) is 0 Å². The van der Waals surface area contributed by atoms with Crippen molar-refractivity contribution in [2.75, 3.05) is 0 Å². The number of nitrogens with zero attached hydrogens (tertiary/aromatic N) is 4. The van der Waals surface area contributed by atoms with Crippen LogP contribution < -0.4 is 5.56 Å². The van der Waals surface area contributed by atoms with Crippen molar-refractivity contribution >= 4 is 34.3 Å². The lowest BCUT2D eigenvalue weighted by atomic mass is 10.1. The molecule has 0 amide bonds. The van der Waals surface area contributed by atoms with E-state index in [-0.39, 0.29) is 5.56 Å². The van der Waals surface area contributed by atoms with Crippen molar-refractivity contribution in [1.82, 2.24) is 24.7 Å². The van der Waals surface area contributed by atoms with Crippen molar-refractivity contribution < 1.29 is 0 Å². The Kier molecular flexibility index (Phi) is 5.51. The molecule has 0 spiro atoms. The first-order chi connectivity index (χ1) is 15.6. The van der Waals surface area contributed by atoms with E-state index in [9.17, 15) is 4.79 Å². The number of nitrogens with one attached hydrogen (secondary N) is 1. The third-order valence-corrected chi connectivity index (χ3v) is 6.22. The third-order valence-electron chi connectivity index (χ3n) is 5.03. The summed E-state index contributed by atoms with van der Waals surface area (Å²) < 4.78 is 1.99. The molecule has 2 heterocycles. The first-order valence-electron chi connectivity index (χ1n) is 9.97. The molecule has 5 rings (SSSR count). The normalized spacial score (nSPS) is 11.2. The molecule has 2 aromatic heterocycles. The summed E-state index contributed by atoms with van der Waals surface area (Å²) in [4.78, 5) is 19.9. The van der Waals surface area contributed by atoms with Crippen LogP contribution in [0, 0.1) is 6.92 Å². The van der Waals surface area contributed by atoms with Crippen molar-refractivity contribution in [3.05, 3.63) is 99.6 Å².